The lowest BCUT2D eigenvalue weighted by molar-refractivity contribution is 0.318. The second-order valence-corrected chi connectivity index (χ2v) is 7.42. The van der Waals surface area contributed by atoms with Gasteiger partial charge in [-0.2, -0.15) is 5.26 Å². The molecule has 4 heteroatoms. The number of rotatable bonds is 2. The van der Waals surface area contributed by atoms with E-state index in [0.29, 0.717) is 29.5 Å². The smallest absolute Gasteiger partial charge is 0.134 e. The molecule has 0 saturated carbocycles. The van der Waals surface area contributed by atoms with E-state index in [1.807, 2.05) is 44.3 Å². The standard InChI is InChI=1S/C25H19FN2O/c1-3-17-14(2)24(26)20-12-15(13-27)4-5-18(20)23(17)19-6-7-21-22-16(9-11-29-21)8-10-28-25(19)22/h4-8,10,12H,3,9,11H2,1-2H3. The van der Waals surface area contributed by atoms with Gasteiger partial charge in [0.15, 0.2) is 0 Å². The first kappa shape index (κ1) is 17.6. The van der Waals surface area contributed by atoms with E-state index in [1.165, 1.54) is 5.56 Å². The molecule has 0 fully saturated rings. The molecular weight excluding hydrogens is 363 g/mol. The molecule has 142 valence electrons. The summed E-state index contributed by atoms with van der Waals surface area (Å²) in [5, 5.41) is 11.6. The number of hydrogen-bond donors (Lipinski definition) is 0. The zero-order valence-electron chi connectivity index (χ0n) is 16.3. The van der Waals surface area contributed by atoms with E-state index < -0.39 is 0 Å². The summed E-state index contributed by atoms with van der Waals surface area (Å²) in [6.07, 6.45) is 3.40. The fraction of sp³-hybridized carbons (Fsp3) is 0.200. The Hall–Kier alpha value is -3.45. The predicted octanol–water partition coefficient (Wildman–Crippen LogP) is 5.87. The summed E-state index contributed by atoms with van der Waals surface area (Å²) in [4.78, 5) is 4.70. The van der Waals surface area contributed by atoms with Gasteiger partial charge in [-0.05, 0) is 71.3 Å². The quantitative estimate of drug-likeness (QED) is 0.435. The van der Waals surface area contributed by atoms with Gasteiger partial charge in [-0.15, -0.1) is 0 Å². The van der Waals surface area contributed by atoms with Crippen LogP contribution in [0.1, 0.15) is 29.2 Å². The lowest BCUT2D eigenvalue weighted by Crippen LogP contribution is -2.09. The molecule has 29 heavy (non-hydrogen) atoms. The van der Waals surface area contributed by atoms with E-state index >= 15 is 4.39 Å². The summed E-state index contributed by atoms with van der Waals surface area (Å²) in [6.45, 7) is 4.53. The molecule has 1 aliphatic rings. The lowest BCUT2D eigenvalue weighted by atomic mass is 9.86. The topological polar surface area (TPSA) is 45.9 Å². The van der Waals surface area contributed by atoms with Crippen molar-refractivity contribution in [2.75, 3.05) is 6.61 Å². The Balaban J connectivity index is 1.95. The van der Waals surface area contributed by atoms with Gasteiger partial charge >= 0.3 is 0 Å². The van der Waals surface area contributed by atoms with Gasteiger partial charge in [0.25, 0.3) is 0 Å². The first-order valence-electron chi connectivity index (χ1n) is 9.82. The van der Waals surface area contributed by atoms with Gasteiger partial charge < -0.3 is 4.74 Å². The number of nitrogens with zero attached hydrogens (tertiary/aromatic N) is 2. The highest BCUT2D eigenvalue weighted by molar-refractivity contribution is 6.08. The van der Waals surface area contributed by atoms with Crippen LogP contribution in [0.15, 0.2) is 42.6 Å². The molecule has 1 aliphatic heterocycles. The molecule has 1 aromatic heterocycles. The van der Waals surface area contributed by atoms with Crippen LogP contribution in [0.4, 0.5) is 4.39 Å². The Kier molecular flexibility index (Phi) is 3.99. The van der Waals surface area contributed by atoms with Gasteiger partial charge in [-0.1, -0.05) is 13.0 Å². The second kappa shape index (κ2) is 6.56. The molecule has 0 saturated heterocycles. The summed E-state index contributed by atoms with van der Waals surface area (Å²) >= 11 is 0. The zero-order valence-corrected chi connectivity index (χ0v) is 16.3. The molecule has 0 aliphatic carbocycles. The highest BCUT2D eigenvalue weighted by Crippen LogP contribution is 2.43. The maximum Gasteiger partial charge on any atom is 0.134 e. The van der Waals surface area contributed by atoms with Gasteiger partial charge in [0, 0.05) is 29.0 Å². The normalized spacial score (nSPS) is 12.8. The molecular formula is C25H19FN2O. The average Bonchev–Trinajstić information content (AvgIpc) is 2.77. The number of nitriles is 1. The number of fused-ring (bicyclic) bond motifs is 1. The average molecular weight is 382 g/mol. The molecule has 0 bridgehead atoms. The van der Waals surface area contributed by atoms with Gasteiger partial charge in [0.1, 0.15) is 11.6 Å². The third-order valence-electron chi connectivity index (χ3n) is 5.93. The highest BCUT2D eigenvalue weighted by Gasteiger charge is 2.22. The molecule has 5 rings (SSSR count). The van der Waals surface area contributed by atoms with Crippen LogP contribution in [0.25, 0.3) is 32.8 Å². The van der Waals surface area contributed by atoms with Crippen molar-refractivity contribution >= 4 is 21.7 Å². The maximum absolute atomic E-state index is 15.2. The van der Waals surface area contributed by atoms with Crippen LogP contribution in [0, 0.1) is 24.1 Å². The van der Waals surface area contributed by atoms with Crippen LogP contribution >= 0.6 is 0 Å². The van der Waals surface area contributed by atoms with Crippen molar-refractivity contribution in [3.63, 3.8) is 0 Å². The summed E-state index contributed by atoms with van der Waals surface area (Å²) in [6, 6.07) is 13.4. The summed E-state index contributed by atoms with van der Waals surface area (Å²) in [7, 11) is 0. The van der Waals surface area contributed by atoms with Crippen LogP contribution in [0.5, 0.6) is 5.75 Å². The minimum absolute atomic E-state index is 0.253. The van der Waals surface area contributed by atoms with Gasteiger partial charge in [0.2, 0.25) is 0 Å². The van der Waals surface area contributed by atoms with E-state index in [4.69, 9.17) is 9.72 Å². The molecule has 2 heterocycles. The highest BCUT2D eigenvalue weighted by atomic mass is 19.1. The summed E-state index contributed by atoms with van der Waals surface area (Å²) in [5.74, 6) is 0.600. The number of ether oxygens (including phenoxy) is 1. The van der Waals surface area contributed by atoms with Gasteiger partial charge in [0.05, 0.1) is 23.8 Å². The van der Waals surface area contributed by atoms with Crippen molar-refractivity contribution in [1.82, 2.24) is 4.98 Å². The van der Waals surface area contributed by atoms with Crippen molar-refractivity contribution in [2.45, 2.75) is 26.7 Å². The zero-order chi connectivity index (χ0) is 20.1. The largest absolute Gasteiger partial charge is 0.493 e. The molecule has 0 N–H and O–H groups in total. The molecule has 0 unspecified atom stereocenters. The van der Waals surface area contributed by atoms with Crippen molar-refractivity contribution in [3.05, 3.63) is 70.7 Å². The van der Waals surface area contributed by atoms with E-state index in [2.05, 4.69) is 6.07 Å². The van der Waals surface area contributed by atoms with E-state index in [-0.39, 0.29) is 5.82 Å². The Labute approximate surface area is 168 Å². The van der Waals surface area contributed by atoms with Crippen LogP contribution in [-0.2, 0) is 12.8 Å². The minimum atomic E-state index is -0.253. The molecule has 0 amide bonds. The first-order valence-corrected chi connectivity index (χ1v) is 9.82. The number of hydrogen-bond acceptors (Lipinski definition) is 3. The van der Waals surface area contributed by atoms with Crippen molar-refractivity contribution in [3.8, 4) is 22.9 Å². The van der Waals surface area contributed by atoms with Gasteiger partial charge in [-0.25, -0.2) is 4.39 Å². The van der Waals surface area contributed by atoms with E-state index in [1.54, 1.807) is 12.1 Å². The fourth-order valence-corrected chi connectivity index (χ4v) is 4.55. The van der Waals surface area contributed by atoms with Crippen LogP contribution in [0.2, 0.25) is 0 Å². The fourth-order valence-electron chi connectivity index (χ4n) is 4.55. The number of pyridine rings is 1. The number of halogens is 1. The van der Waals surface area contributed by atoms with Crippen LogP contribution in [0.3, 0.4) is 0 Å². The molecule has 0 radical (unpaired) electrons. The third-order valence-corrected chi connectivity index (χ3v) is 5.93. The Bertz CT molecular complexity index is 1340. The predicted molar refractivity (Wildman–Crippen MR) is 113 cm³/mol. The molecule has 4 aromatic rings. The minimum Gasteiger partial charge on any atom is -0.493 e. The summed E-state index contributed by atoms with van der Waals surface area (Å²) < 4.78 is 21.1. The second-order valence-electron chi connectivity index (χ2n) is 7.42. The van der Waals surface area contributed by atoms with E-state index in [0.717, 1.165) is 45.1 Å². The van der Waals surface area contributed by atoms with E-state index in [9.17, 15) is 5.26 Å². The maximum atomic E-state index is 15.2. The number of aromatic nitrogens is 1. The lowest BCUT2D eigenvalue weighted by Gasteiger charge is -2.22. The van der Waals surface area contributed by atoms with Crippen molar-refractivity contribution in [1.29, 1.82) is 5.26 Å². The molecule has 0 spiro atoms. The Morgan fingerprint density at radius 1 is 1.17 bits per heavy atom. The molecule has 0 atom stereocenters. The van der Waals surface area contributed by atoms with Crippen molar-refractivity contribution in [2.24, 2.45) is 0 Å². The Morgan fingerprint density at radius 3 is 2.83 bits per heavy atom. The molecule has 3 aromatic carbocycles. The SMILES string of the molecule is CCc1c(C)c(F)c2cc(C#N)ccc2c1-c1ccc2c3c(ccnc13)CCO2. The Morgan fingerprint density at radius 2 is 2.03 bits per heavy atom. The van der Waals surface area contributed by atoms with Crippen LogP contribution < -0.4 is 4.74 Å². The summed E-state index contributed by atoms with van der Waals surface area (Å²) in [5.41, 5.74) is 6.13. The van der Waals surface area contributed by atoms with Crippen LogP contribution in [-0.4, -0.2) is 11.6 Å². The monoisotopic (exact) mass is 382 g/mol. The third kappa shape index (κ3) is 2.51. The first-order chi connectivity index (χ1) is 14.1. The molecule has 3 nitrogen and oxygen atoms in total. The van der Waals surface area contributed by atoms with Crippen molar-refractivity contribution < 1.29 is 9.13 Å². The number of benzene rings is 3. The van der Waals surface area contributed by atoms with Gasteiger partial charge in [-0.3, -0.25) is 4.98 Å².